The summed E-state index contributed by atoms with van der Waals surface area (Å²) >= 11 is 1.24. The Labute approximate surface area is 223 Å². The van der Waals surface area contributed by atoms with E-state index in [1.807, 2.05) is 42.6 Å². The summed E-state index contributed by atoms with van der Waals surface area (Å²) < 4.78 is 21.9. The van der Waals surface area contributed by atoms with Gasteiger partial charge in [0.05, 0.1) is 13.2 Å². The minimum Gasteiger partial charge on any atom is -0.494 e. The Morgan fingerprint density at radius 1 is 0.974 bits per heavy atom. The largest absolute Gasteiger partial charge is 0.494 e. The molecule has 2 aromatic heterocycles. The number of hydrogen-bond acceptors (Lipinski definition) is 8. The molecule has 1 aliphatic rings. The van der Waals surface area contributed by atoms with Crippen molar-refractivity contribution in [3.8, 4) is 22.6 Å². The third kappa shape index (κ3) is 5.15. The molecule has 38 heavy (non-hydrogen) atoms. The van der Waals surface area contributed by atoms with E-state index in [2.05, 4.69) is 5.32 Å². The number of nitrogens with one attached hydrogen (secondary N) is 1. The summed E-state index contributed by atoms with van der Waals surface area (Å²) in [6.45, 7) is 4.11. The molecule has 0 saturated carbocycles. The topological polar surface area (TPSA) is 104 Å². The number of ether oxygens (including phenoxy) is 3. The van der Waals surface area contributed by atoms with Crippen molar-refractivity contribution in [3.05, 3.63) is 75.0 Å². The lowest BCUT2D eigenvalue weighted by Crippen LogP contribution is -2.21. The van der Waals surface area contributed by atoms with Gasteiger partial charge in [0.25, 0.3) is 5.91 Å². The molecule has 0 aliphatic heterocycles. The molecular formula is C29H27NO7S. The first kappa shape index (κ1) is 25.5. The normalized spacial score (nSPS) is 12.3. The highest BCUT2D eigenvalue weighted by Crippen LogP contribution is 2.37. The summed E-state index contributed by atoms with van der Waals surface area (Å²) in [7, 11) is 0. The van der Waals surface area contributed by atoms with Crippen LogP contribution in [0.5, 0.6) is 11.5 Å². The highest BCUT2D eigenvalue weighted by molar-refractivity contribution is 7.15. The van der Waals surface area contributed by atoms with Crippen molar-refractivity contribution in [2.75, 3.05) is 25.1 Å². The number of esters is 1. The highest BCUT2D eigenvalue weighted by Gasteiger charge is 2.23. The zero-order valence-electron chi connectivity index (χ0n) is 21.1. The van der Waals surface area contributed by atoms with E-state index in [4.69, 9.17) is 18.6 Å². The Morgan fingerprint density at radius 2 is 1.74 bits per heavy atom. The summed E-state index contributed by atoms with van der Waals surface area (Å²) in [6.07, 6.45) is 2.53. The molecule has 0 atom stereocenters. The minimum atomic E-state index is -0.522. The Balaban J connectivity index is 1.32. The molecule has 5 rings (SSSR count). The number of hydrogen-bond donors (Lipinski definition) is 1. The monoisotopic (exact) mass is 533 g/mol. The van der Waals surface area contributed by atoms with Gasteiger partial charge >= 0.3 is 11.6 Å². The molecule has 2 aromatic carbocycles. The van der Waals surface area contributed by atoms with Crippen LogP contribution in [-0.2, 0) is 22.4 Å². The highest BCUT2D eigenvalue weighted by atomic mass is 32.1. The van der Waals surface area contributed by atoms with Crippen LogP contribution >= 0.6 is 11.3 Å². The van der Waals surface area contributed by atoms with Crippen molar-refractivity contribution in [2.45, 2.75) is 33.1 Å². The van der Waals surface area contributed by atoms with Gasteiger partial charge in [-0.1, -0.05) is 12.1 Å². The third-order valence-corrected chi connectivity index (χ3v) is 7.21. The van der Waals surface area contributed by atoms with E-state index in [0.29, 0.717) is 28.5 Å². The van der Waals surface area contributed by atoms with Crippen molar-refractivity contribution >= 4 is 39.2 Å². The fourth-order valence-electron chi connectivity index (χ4n) is 4.63. The van der Waals surface area contributed by atoms with E-state index >= 15 is 0 Å². The van der Waals surface area contributed by atoms with E-state index in [1.54, 1.807) is 19.1 Å². The van der Waals surface area contributed by atoms with Crippen LogP contribution in [0.25, 0.3) is 22.1 Å². The van der Waals surface area contributed by atoms with Gasteiger partial charge in [0.2, 0.25) is 0 Å². The average Bonchev–Trinajstić information content (AvgIpc) is 3.57. The van der Waals surface area contributed by atoms with Gasteiger partial charge in [-0.3, -0.25) is 4.79 Å². The van der Waals surface area contributed by atoms with Crippen molar-refractivity contribution in [2.24, 2.45) is 0 Å². The Kier molecular flexibility index (Phi) is 7.46. The molecular weight excluding hydrogens is 506 g/mol. The van der Waals surface area contributed by atoms with Crippen molar-refractivity contribution in [3.63, 3.8) is 0 Å². The lowest BCUT2D eigenvalue weighted by Gasteiger charge is -2.11. The number of anilines is 1. The van der Waals surface area contributed by atoms with E-state index in [1.165, 1.54) is 11.3 Å². The molecule has 0 unspecified atom stereocenters. The smallest absolute Gasteiger partial charge is 0.341 e. The first-order valence-electron chi connectivity index (χ1n) is 12.5. The average molecular weight is 534 g/mol. The van der Waals surface area contributed by atoms with Crippen LogP contribution in [0.15, 0.2) is 57.1 Å². The molecule has 0 saturated heterocycles. The summed E-state index contributed by atoms with van der Waals surface area (Å²) in [5.41, 5.74) is 3.66. The number of benzene rings is 2. The Hall–Kier alpha value is -4.11. The summed E-state index contributed by atoms with van der Waals surface area (Å²) in [5, 5.41) is 5.86. The van der Waals surface area contributed by atoms with E-state index in [0.717, 1.165) is 47.1 Å². The third-order valence-electron chi connectivity index (χ3n) is 6.31. The number of carbonyl (C=O) groups is 2. The predicted octanol–water partition coefficient (Wildman–Crippen LogP) is 5.60. The second-order valence-electron chi connectivity index (χ2n) is 8.73. The maximum absolute atomic E-state index is 12.8. The van der Waals surface area contributed by atoms with E-state index in [-0.39, 0.29) is 24.4 Å². The first-order chi connectivity index (χ1) is 18.5. The van der Waals surface area contributed by atoms with Gasteiger partial charge in [0.1, 0.15) is 27.6 Å². The molecule has 8 nitrogen and oxygen atoms in total. The van der Waals surface area contributed by atoms with Crippen LogP contribution in [0.1, 0.15) is 41.8 Å². The molecule has 0 bridgehead atoms. The first-order valence-corrected chi connectivity index (χ1v) is 13.4. The minimum absolute atomic E-state index is 0.204. The fraction of sp³-hybridized carbons (Fsp3) is 0.276. The number of carbonyl (C=O) groups excluding carboxylic acids is 2. The number of amides is 1. The predicted molar refractivity (Wildman–Crippen MR) is 146 cm³/mol. The van der Waals surface area contributed by atoms with Crippen LogP contribution in [0.4, 0.5) is 5.00 Å². The summed E-state index contributed by atoms with van der Waals surface area (Å²) in [5.74, 6) is 0.171. The van der Waals surface area contributed by atoms with Crippen LogP contribution in [-0.4, -0.2) is 31.7 Å². The van der Waals surface area contributed by atoms with E-state index in [9.17, 15) is 14.4 Å². The molecule has 0 spiro atoms. The van der Waals surface area contributed by atoms with Gasteiger partial charge in [-0.15, -0.1) is 11.3 Å². The zero-order valence-corrected chi connectivity index (χ0v) is 21.9. The lowest BCUT2D eigenvalue weighted by atomic mass is 10.0. The molecule has 0 radical (unpaired) electrons. The van der Waals surface area contributed by atoms with Crippen LogP contribution < -0.4 is 20.4 Å². The molecule has 1 N–H and O–H groups in total. The zero-order chi connectivity index (χ0) is 26.6. The van der Waals surface area contributed by atoms with Crippen molar-refractivity contribution < 1.29 is 28.2 Å². The number of aryl methyl sites for hydroxylation is 1. The summed E-state index contributed by atoms with van der Waals surface area (Å²) in [6, 6.07) is 12.6. The maximum atomic E-state index is 12.8. The molecule has 9 heteroatoms. The molecule has 1 amide bonds. The van der Waals surface area contributed by atoms with Crippen LogP contribution in [0.3, 0.4) is 0 Å². The molecule has 196 valence electrons. The van der Waals surface area contributed by atoms with Gasteiger partial charge in [-0.25, -0.2) is 9.59 Å². The van der Waals surface area contributed by atoms with Gasteiger partial charge in [-0.2, -0.15) is 0 Å². The SMILES string of the molecule is CCOC(=O)c1c(-c2ccc(OCC)cc2)csc1NC(=O)COc1ccc2c3c(c(=O)oc2c1)CCC3. The second-order valence-corrected chi connectivity index (χ2v) is 9.61. The number of rotatable bonds is 9. The Morgan fingerprint density at radius 3 is 2.50 bits per heavy atom. The number of thiophene rings is 1. The van der Waals surface area contributed by atoms with E-state index < -0.39 is 11.9 Å². The van der Waals surface area contributed by atoms with Gasteiger partial charge in [-0.05, 0) is 68.5 Å². The van der Waals surface area contributed by atoms with Crippen molar-refractivity contribution in [1.82, 2.24) is 0 Å². The maximum Gasteiger partial charge on any atom is 0.341 e. The van der Waals surface area contributed by atoms with Crippen LogP contribution in [0.2, 0.25) is 0 Å². The van der Waals surface area contributed by atoms with Crippen LogP contribution in [0, 0.1) is 0 Å². The second kappa shape index (κ2) is 11.1. The van der Waals surface area contributed by atoms with Gasteiger partial charge in [0, 0.05) is 28.0 Å². The molecule has 4 aromatic rings. The summed E-state index contributed by atoms with van der Waals surface area (Å²) in [4.78, 5) is 37.9. The molecule has 1 aliphatic carbocycles. The van der Waals surface area contributed by atoms with Crippen molar-refractivity contribution in [1.29, 1.82) is 0 Å². The lowest BCUT2D eigenvalue weighted by molar-refractivity contribution is -0.118. The quantitative estimate of drug-likeness (QED) is 0.220. The fourth-order valence-corrected chi connectivity index (χ4v) is 5.60. The standard InChI is InChI=1S/C29H27NO7S/c1-3-34-18-10-8-17(9-11-18)23-16-38-27(26(23)29(33)35-4-2)30-25(31)15-36-19-12-13-21-20-6-5-7-22(20)28(32)37-24(21)14-19/h8-14,16H,3-7,15H2,1-2H3,(H,30,31). The number of fused-ring (bicyclic) bond motifs is 3. The molecule has 2 heterocycles. The molecule has 0 fully saturated rings. The Bertz CT molecular complexity index is 1550. The van der Waals surface area contributed by atoms with Gasteiger partial charge < -0.3 is 23.9 Å². The van der Waals surface area contributed by atoms with Gasteiger partial charge in [0.15, 0.2) is 6.61 Å².